The van der Waals surface area contributed by atoms with Gasteiger partial charge in [0.05, 0.1) is 21.4 Å². The monoisotopic (exact) mass is 504 g/mol. The molecular weight excluding hydrogens is 475 g/mol. The summed E-state index contributed by atoms with van der Waals surface area (Å²) >= 11 is 18.6. The highest BCUT2D eigenvalue weighted by molar-refractivity contribution is 6.34. The lowest BCUT2D eigenvalue weighted by Gasteiger charge is -2.30. The molecule has 0 amide bonds. The molecule has 1 aromatic carbocycles. The summed E-state index contributed by atoms with van der Waals surface area (Å²) in [5.41, 5.74) is 4.05. The van der Waals surface area contributed by atoms with Gasteiger partial charge in [0.2, 0.25) is 0 Å². The van der Waals surface area contributed by atoms with Crippen molar-refractivity contribution in [1.82, 2.24) is 20.2 Å². The minimum Gasteiger partial charge on any atom is -0.320 e. The second-order valence-corrected chi connectivity index (χ2v) is 10.0. The summed E-state index contributed by atoms with van der Waals surface area (Å²) in [6.45, 7) is 7.70. The largest absolute Gasteiger partial charge is 0.320 e. The predicted octanol–water partition coefficient (Wildman–Crippen LogP) is 6.76. The predicted molar refractivity (Wildman–Crippen MR) is 139 cm³/mol. The third kappa shape index (κ3) is 7.14. The minimum atomic E-state index is -0.220. The SMILES string of the molecule is CNCCCCN(Cc1ncc(Cl)cc1Cl)Cc1ncccc1C(C)(C)c1ccc(Cl)cc1. The van der Waals surface area contributed by atoms with Gasteiger partial charge < -0.3 is 5.32 Å². The standard InChI is InChI=1S/C26H31Cl3N4/c1-26(2,19-8-10-20(27)11-9-19)22-7-6-13-31-24(22)17-33(14-5-4-12-30-3)18-25-23(29)15-21(28)16-32-25/h6-11,13,15-16,30H,4-5,12,14,17-18H2,1-3H3. The highest BCUT2D eigenvalue weighted by Gasteiger charge is 2.27. The number of hydrogen-bond donors (Lipinski definition) is 1. The Hall–Kier alpha value is -1.69. The zero-order valence-electron chi connectivity index (χ0n) is 19.4. The maximum Gasteiger partial charge on any atom is 0.0731 e. The molecule has 3 rings (SSSR count). The first-order valence-corrected chi connectivity index (χ1v) is 12.3. The van der Waals surface area contributed by atoms with Crippen LogP contribution in [0.1, 0.15) is 49.2 Å². The lowest BCUT2D eigenvalue weighted by atomic mass is 9.77. The van der Waals surface area contributed by atoms with Crippen LogP contribution in [-0.2, 0) is 18.5 Å². The van der Waals surface area contributed by atoms with Crippen molar-refractivity contribution in [3.63, 3.8) is 0 Å². The fourth-order valence-electron chi connectivity index (χ4n) is 3.99. The fraction of sp³-hybridized carbons (Fsp3) is 0.385. The summed E-state index contributed by atoms with van der Waals surface area (Å²) in [6, 6.07) is 14.0. The second-order valence-electron chi connectivity index (χ2n) is 8.73. The average Bonchev–Trinajstić information content (AvgIpc) is 2.79. The number of rotatable bonds is 11. The van der Waals surface area contributed by atoms with Gasteiger partial charge in [-0.2, -0.15) is 0 Å². The van der Waals surface area contributed by atoms with Gasteiger partial charge in [0.25, 0.3) is 0 Å². The van der Waals surface area contributed by atoms with E-state index in [-0.39, 0.29) is 5.41 Å². The molecule has 0 bridgehead atoms. The summed E-state index contributed by atoms with van der Waals surface area (Å²) in [7, 11) is 1.98. The van der Waals surface area contributed by atoms with Gasteiger partial charge in [-0.15, -0.1) is 0 Å². The van der Waals surface area contributed by atoms with Gasteiger partial charge >= 0.3 is 0 Å². The van der Waals surface area contributed by atoms with Crippen molar-refractivity contribution < 1.29 is 0 Å². The lowest BCUT2D eigenvalue weighted by Crippen LogP contribution is -2.29. The minimum absolute atomic E-state index is 0.220. The summed E-state index contributed by atoms with van der Waals surface area (Å²) in [5.74, 6) is 0. The number of aromatic nitrogens is 2. The van der Waals surface area contributed by atoms with E-state index < -0.39 is 0 Å². The summed E-state index contributed by atoms with van der Waals surface area (Å²) < 4.78 is 0. The normalized spacial score (nSPS) is 11.8. The Morgan fingerprint density at radius 2 is 1.64 bits per heavy atom. The van der Waals surface area contributed by atoms with E-state index in [4.69, 9.17) is 39.8 Å². The van der Waals surface area contributed by atoms with Crippen molar-refractivity contribution in [3.05, 3.63) is 92.4 Å². The number of pyridine rings is 2. The molecule has 0 radical (unpaired) electrons. The van der Waals surface area contributed by atoms with E-state index in [0.717, 1.165) is 42.3 Å². The molecule has 0 aliphatic rings. The molecule has 0 saturated heterocycles. The van der Waals surface area contributed by atoms with Gasteiger partial charge in [0, 0.05) is 35.9 Å². The van der Waals surface area contributed by atoms with Crippen LogP contribution in [0.2, 0.25) is 15.1 Å². The first-order valence-electron chi connectivity index (χ1n) is 11.2. The molecule has 0 atom stereocenters. The first kappa shape index (κ1) is 25.9. The van der Waals surface area contributed by atoms with Gasteiger partial charge in [-0.3, -0.25) is 14.9 Å². The molecule has 2 heterocycles. The van der Waals surface area contributed by atoms with Gasteiger partial charge in [-0.05, 0) is 68.4 Å². The molecule has 1 N–H and O–H groups in total. The van der Waals surface area contributed by atoms with Crippen molar-refractivity contribution in [1.29, 1.82) is 0 Å². The Kier molecular flexibility index (Phi) is 9.54. The average molecular weight is 506 g/mol. The van der Waals surface area contributed by atoms with E-state index in [9.17, 15) is 0 Å². The zero-order chi connectivity index (χ0) is 23.8. The summed E-state index contributed by atoms with van der Waals surface area (Å²) in [6.07, 6.45) is 5.68. The highest BCUT2D eigenvalue weighted by Crippen LogP contribution is 2.34. The van der Waals surface area contributed by atoms with Crippen LogP contribution in [0.25, 0.3) is 0 Å². The molecule has 0 spiro atoms. The summed E-state index contributed by atoms with van der Waals surface area (Å²) in [5, 5.41) is 5.09. The molecule has 176 valence electrons. The van der Waals surface area contributed by atoms with E-state index >= 15 is 0 Å². The highest BCUT2D eigenvalue weighted by atomic mass is 35.5. The maximum absolute atomic E-state index is 6.45. The quantitative estimate of drug-likeness (QED) is 0.292. The van der Waals surface area contributed by atoms with Crippen LogP contribution in [0.3, 0.4) is 0 Å². The Labute approximate surface area is 212 Å². The van der Waals surface area contributed by atoms with E-state index in [1.807, 2.05) is 31.4 Å². The van der Waals surface area contributed by atoms with Gasteiger partial charge in [-0.1, -0.05) is 66.8 Å². The van der Waals surface area contributed by atoms with Crippen molar-refractivity contribution in [2.45, 2.75) is 45.2 Å². The van der Waals surface area contributed by atoms with Gasteiger partial charge in [0.15, 0.2) is 0 Å². The van der Waals surface area contributed by atoms with Crippen LogP contribution < -0.4 is 5.32 Å². The summed E-state index contributed by atoms with van der Waals surface area (Å²) in [4.78, 5) is 11.6. The van der Waals surface area contributed by atoms with Crippen LogP contribution in [0, 0.1) is 0 Å². The Bertz CT molecular complexity index is 1040. The molecule has 2 aromatic heterocycles. The van der Waals surface area contributed by atoms with E-state index in [2.05, 4.69) is 47.2 Å². The molecule has 4 nitrogen and oxygen atoms in total. The van der Waals surface area contributed by atoms with Crippen LogP contribution in [0.4, 0.5) is 0 Å². The smallest absolute Gasteiger partial charge is 0.0731 e. The number of nitrogens with one attached hydrogen (secondary N) is 1. The fourth-order valence-corrected chi connectivity index (χ4v) is 4.55. The molecular formula is C26H31Cl3N4. The number of nitrogens with zero attached hydrogens (tertiary/aromatic N) is 3. The van der Waals surface area contributed by atoms with Crippen LogP contribution in [0.15, 0.2) is 54.9 Å². The molecule has 0 unspecified atom stereocenters. The number of hydrogen-bond acceptors (Lipinski definition) is 4. The molecule has 0 saturated carbocycles. The molecule has 3 aromatic rings. The number of unbranched alkanes of at least 4 members (excludes halogenated alkanes) is 1. The second kappa shape index (κ2) is 12.1. The molecule has 0 fully saturated rings. The molecule has 7 heteroatoms. The van der Waals surface area contributed by atoms with Crippen LogP contribution in [-0.4, -0.2) is 35.0 Å². The van der Waals surface area contributed by atoms with Crippen molar-refractivity contribution in [2.75, 3.05) is 20.1 Å². The topological polar surface area (TPSA) is 41.0 Å². The molecule has 0 aliphatic carbocycles. The van der Waals surface area contributed by atoms with Crippen LogP contribution in [0.5, 0.6) is 0 Å². The number of halogens is 3. The zero-order valence-corrected chi connectivity index (χ0v) is 21.7. The van der Waals surface area contributed by atoms with Crippen molar-refractivity contribution in [3.8, 4) is 0 Å². The Morgan fingerprint density at radius 1 is 0.909 bits per heavy atom. The van der Waals surface area contributed by atoms with Gasteiger partial charge in [0.1, 0.15) is 0 Å². The van der Waals surface area contributed by atoms with Crippen LogP contribution >= 0.6 is 34.8 Å². The van der Waals surface area contributed by atoms with E-state index in [1.165, 1.54) is 11.1 Å². The lowest BCUT2D eigenvalue weighted by molar-refractivity contribution is 0.243. The maximum atomic E-state index is 6.45. The Morgan fingerprint density at radius 3 is 2.33 bits per heavy atom. The van der Waals surface area contributed by atoms with E-state index in [1.54, 1.807) is 12.3 Å². The Balaban J connectivity index is 1.88. The van der Waals surface area contributed by atoms with Crippen molar-refractivity contribution >= 4 is 34.8 Å². The van der Waals surface area contributed by atoms with Crippen molar-refractivity contribution in [2.24, 2.45) is 0 Å². The third-order valence-corrected chi connectivity index (χ3v) is 6.70. The van der Waals surface area contributed by atoms with Gasteiger partial charge in [-0.25, -0.2) is 0 Å². The molecule has 33 heavy (non-hydrogen) atoms. The molecule has 0 aliphatic heterocycles. The number of benzene rings is 1. The van der Waals surface area contributed by atoms with E-state index in [0.29, 0.717) is 23.1 Å². The first-order chi connectivity index (χ1) is 15.8. The third-order valence-electron chi connectivity index (χ3n) is 5.91.